The number of aliphatic hydroxyl groups is 1. The van der Waals surface area contributed by atoms with Crippen molar-refractivity contribution >= 4 is 0 Å². The highest BCUT2D eigenvalue weighted by Gasteiger charge is 2.11. The van der Waals surface area contributed by atoms with Crippen molar-refractivity contribution in [2.24, 2.45) is 0 Å². The topological polar surface area (TPSA) is 48.9 Å². The predicted molar refractivity (Wildman–Crippen MR) is 54.6 cm³/mol. The molecule has 84 valence electrons. The molecule has 1 heterocycles. The molecule has 0 unspecified atom stereocenters. The van der Waals surface area contributed by atoms with Crippen molar-refractivity contribution in [3.63, 3.8) is 0 Å². The van der Waals surface area contributed by atoms with Crippen LogP contribution in [0.3, 0.4) is 0 Å². The van der Waals surface area contributed by atoms with Gasteiger partial charge in [0.25, 0.3) is 0 Å². The van der Waals surface area contributed by atoms with Crippen LogP contribution in [0.5, 0.6) is 0 Å². The Morgan fingerprint density at radius 2 is 2.00 bits per heavy atom. The second kappa shape index (κ2) is 4.02. The number of nitrogens with zero attached hydrogens (tertiary/aromatic N) is 1. The number of benzene rings is 1. The van der Waals surface area contributed by atoms with Gasteiger partial charge in [-0.25, -0.2) is 13.8 Å². The number of hydrogen-bond acceptors (Lipinski definition) is 2. The van der Waals surface area contributed by atoms with Crippen molar-refractivity contribution in [1.82, 2.24) is 9.97 Å². The fourth-order valence-electron chi connectivity index (χ4n) is 1.48. The van der Waals surface area contributed by atoms with Gasteiger partial charge in [0, 0.05) is 5.56 Å². The van der Waals surface area contributed by atoms with E-state index in [-0.39, 0.29) is 6.61 Å². The molecule has 0 aliphatic carbocycles. The van der Waals surface area contributed by atoms with E-state index in [2.05, 4.69) is 9.97 Å². The van der Waals surface area contributed by atoms with Gasteiger partial charge in [0.2, 0.25) is 0 Å². The average molecular weight is 224 g/mol. The predicted octanol–water partition coefficient (Wildman–Crippen LogP) is 2.16. The highest BCUT2D eigenvalue weighted by molar-refractivity contribution is 5.60. The Morgan fingerprint density at radius 3 is 2.62 bits per heavy atom. The largest absolute Gasteiger partial charge is 0.390 e. The number of nitrogens with one attached hydrogen (secondary N) is 1. The van der Waals surface area contributed by atoms with E-state index in [9.17, 15) is 8.78 Å². The van der Waals surface area contributed by atoms with E-state index in [4.69, 9.17) is 5.11 Å². The van der Waals surface area contributed by atoms with E-state index < -0.39 is 11.6 Å². The van der Waals surface area contributed by atoms with Crippen LogP contribution in [-0.2, 0) is 6.61 Å². The Hall–Kier alpha value is -1.75. The smallest absolute Gasteiger partial charge is 0.159 e. The van der Waals surface area contributed by atoms with E-state index in [0.717, 1.165) is 12.1 Å². The fraction of sp³-hybridized carbons (Fsp3) is 0.182. The summed E-state index contributed by atoms with van der Waals surface area (Å²) < 4.78 is 26.0. The first-order chi connectivity index (χ1) is 7.61. The SMILES string of the molecule is Cc1cc(F)c(F)cc1-c1ncc(CO)[nH]1. The molecule has 0 amide bonds. The van der Waals surface area contributed by atoms with Gasteiger partial charge < -0.3 is 10.1 Å². The zero-order valence-corrected chi connectivity index (χ0v) is 8.59. The molecule has 1 aromatic heterocycles. The lowest BCUT2D eigenvalue weighted by Crippen LogP contribution is -1.92. The Morgan fingerprint density at radius 1 is 1.31 bits per heavy atom. The summed E-state index contributed by atoms with van der Waals surface area (Å²) in [6, 6.07) is 2.20. The van der Waals surface area contributed by atoms with Gasteiger partial charge >= 0.3 is 0 Å². The zero-order chi connectivity index (χ0) is 11.7. The minimum Gasteiger partial charge on any atom is -0.390 e. The zero-order valence-electron chi connectivity index (χ0n) is 8.59. The van der Waals surface area contributed by atoms with Crippen LogP contribution in [0.2, 0.25) is 0 Å². The lowest BCUT2D eigenvalue weighted by atomic mass is 10.1. The monoisotopic (exact) mass is 224 g/mol. The highest BCUT2D eigenvalue weighted by Crippen LogP contribution is 2.23. The molecule has 0 atom stereocenters. The van der Waals surface area contributed by atoms with Crippen molar-refractivity contribution < 1.29 is 13.9 Å². The van der Waals surface area contributed by atoms with Gasteiger partial charge in [-0.2, -0.15) is 0 Å². The van der Waals surface area contributed by atoms with Crippen LogP contribution in [0.15, 0.2) is 18.3 Å². The molecule has 0 bridgehead atoms. The third-order valence-electron chi connectivity index (χ3n) is 2.32. The van der Waals surface area contributed by atoms with E-state index in [0.29, 0.717) is 22.6 Å². The molecule has 5 heteroatoms. The molecule has 2 aromatic rings. The van der Waals surface area contributed by atoms with Crippen molar-refractivity contribution in [2.45, 2.75) is 13.5 Å². The highest BCUT2D eigenvalue weighted by atomic mass is 19.2. The molecule has 0 spiro atoms. The Kier molecular flexibility index (Phi) is 2.70. The lowest BCUT2D eigenvalue weighted by Gasteiger charge is -2.03. The van der Waals surface area contributed by atoms with Gasteiger partial charge in [-0.15, -0.1) is 0 Å². The Labute approximate surface area is 90.8 Å². The third kappa shape index (κ3) is 1.81. The molecule has 0 saturated carbocycles. The number of aromatic nitrogens is 2. The number of halogens is 2. The number of imidazole rings is 1. The number of aromatic amines is 1. The van der Waals surface area contributed by atoms with Crippen molar-refractivity contribution in [2.75, 3.05) is 0 Å². The molecule has 2 N–H and O–H groups in total. The average Bonchev–Trinajstić information content (AvgIpc) is 2.71. The summed E-state index contributed by atoms with van der Waals surface area (Å²) in [5.74, 6) is -1.38. The Bertz CT molecular complexity index is 523. The number of hydrogen-bond donors (Lipinski definition) is 2. The van der Waals surface area contributed by atoms with E-state index in [1.807, 2.05) is 0 Å². The summed E-state index contributed by atoms with van der Waals surface area (Å²) in [7, 11) is 0. The van der Waals surface area contributed by atoms with Crippen LogP contribution in [0.1, 0.15) is 11.3 Å². The maximum Gasteiger partial charge on any atom is 0.159 e. The van der Waals surface area contributed by atoms with Gasteiger partial charge in [-0.05, 0) is 24.6 Å². The second-order valence-electron chi connectivity index (χ2n) is 3.50. The molecule has 1 aromatic carbocycles. The van der Waals surface area contributed by atoms with Crippen molar-refractivity contribution in [3.05, 3.63) is 41.2 Å². The van der Waals surface area contributed by atoms with Crippen LogP contribution < -0.4 is 0 Å². The Balaban J connectivity index is 2.51. The summed E-state index contributed by atoms with van der Waals surface area (Å²) in [4.78, 5) is 6.80. The van der Waals surface area contributed by atoms with E-state index in [1.165, 1.54) is 6.20 Å². The molecule has 0 radical (unpaired) electrons. The summed E-state index contributed by atoms with van der Waals surface area (Å²) in [6.07, 6.45) is 1.45. The molecule has 16 heavy (non-hydrogen) atoms. The van der Waals surface area contributed by atoms with Crippen LogP contribution in [0.25, 0.3) is 11.4 Å². The van der Waals surface area contributed by atoms with Crippen LogP contribution in [-0.4, -0.2) is 15.1 Å². The molecular formula is C11H10F2N2O. The summed E-state index contributed by atoms with van der Waals surface area (Å²) in [5, 5.41) is 8.86. The van der Waals surface area contributed by atoms with Crippen LogP contribution >= 0.6 is 0 Å². The lowest BCUT2D eigenvalue weighted by molar-refractivity contribution is 0.277. The first-order valence-electron chi connectivity index (χ1n) is 4.72. The van der Waals surface area contributed by atoms with E-state index >= 15 is 0 Å². The molecule has 0 aliphatic heterocycles. The first-order valence-corrected chi connectivity index (χ1v) is 4.72. The van der Waals surface area contributed by atoms with Gasteiger partial charge in [-0.1, -0.05) is 0 Å². The van der Waals surface area contributed by atoms with Gasteiger partial charge in [0.05, 0.1) is 18.5 Å². The van der Waals surface area contributed by atoms with Gasteiger partial charge in [0.15, 0.2) is 11.6 Å². The number of aryl methyl sites for hydroxylation is 1. The molecule has 2 rings (SSSR count). The summed E-state index contributed by atoms with van der Waals surface area (Å²) >= 11 is 0. The third-order valence-corrected chi connectivity index (χ3v) is 2.32. The normalized spacial score (nSPS) is 10.8. The number of aliphatic hydroxyl groups excluding tert-OH is 1. The molecule has 3 nitrogen and oxygen atoms in total. The van der Waals surface area contributed by atoms with Gasteiger partial charge in [-0.3, -0.25) is 0 Å². The summed E-state index contributed by atoms with van der Waals surface area (Å²) in [6.45, 7) is 1.49. The summed E-state index contributed by atoms with van der Waals surface area (Å²) in [5.41, 5.74) is 1.59. The maximum atomic E-state index is 13.1. The fourth-order valence-corrected chi connectivity index (χ4v) is 1.48. The van der Waals surface area contributed by atoms with Crippen LogP contribution in [0, 0.1) is 18.6 Å². The van der Waals surface area contributed by atoms with Gasteiger partial charge in [0.1, 0.15) is 5.82 Å². The molecular weight excluding hydrogens is 214 g/mol. The minimum absolute atomic E-state index is 0.171. The molecule has 0 fully saturated rings. The maximum absolute atomic E-state index is 13.1. The minimum atomic E-state index is -0.914. The van der Waals surface area contributed by atoms with Crippen molar-refractivity contribution in [1.29, 1.82) is 0 Å². The molecule has 0 aliphatic rings. The van der Waals surface area contributed by atoms with Crippen LogP contribution in [0.4, 0.5) is 8.78 Å². The molecule has 0 saturated heterocycles. The second-order valence-corrected chi connectivity index (χ2v) is 3.50. The van der Waals surface area contributed by atoms with Crippen molar-refractivity contribution in [3.8, 4) is 11.4 Å². The number of H-pyrrole nitrogens is 1. The quantitative estimate of drug-likeness (QED) is 0.821. The standard InChI is InChI=1S/C11H10F2N2O/c1-6-2-9(12)10(13)3-8(6)11-14-4-7(5-16)15-11/h2-4,16H,5H2,1H3,(H,14,15). The van der Waals surface area contributed by atoms with E-state index in [1.54, 1.807) is 6.92 Å². The first kappa shape index (κ1) is 10.8. The number of rotatable bonds is 2.